The first-order chi connectivity index (χ1) is 17.2. The largest absolute Gasteiger partial charge is 0.462 e. The molecule has 2 rings (SSSR count). The van der Waals surface area contributed by atoms with E-state index in [4.69, 9.17) is 18.9 Å². The van der Waals surface area contributed by atoms with Crippen molar-refractivity contribution >= 4 is 24.0 Å². The van der Waals surface area contributed by atoms with E-state index in [1.807, 2.05) is 0 Å². The Hall–Kier alpha value is -4.40. The molecule has 0 aromatic heterocycles. The van der Waals surface area contributed by atoms with Crippen LogP contribution in [0.1, 0.15) is 26.7 Å². The second-order valence-corrected chi connectivity index (χ2v) is 7.72. The molecule has 0 atom stereocenters. The van der Waals surface area contributed by atoms with Crippen LogP contribution in [0.3, 0.4) is 0 Å². The highest BCUT2D eigenvalue weighted by Gasteiger charge is 2.16. The molecule has 0 fully saturated rings. The lowest BCUT2D eigenvalue weighted by Gasteiger charge is -2.14. The number of para-hydroxylation sites is 2. The van der Waals surface area contributed by atoms with Gasteiger partial charge in [-0.25, -0.2) is 14.4 Å². The van der Waals surface area contributed by atoms with E-state index in [-0.39, 0.29) is 48.8 Å². The highest BCUT2D eigenvalue weighted by atomic mass is 16.6. The van der Waals surface area contributed by atoms with Crippen LogP contribution < -0.4 is 14.8 Å². The van der Waals surface area contributed by atoms with E-state index >= 15 is 0 Å². The van der Waals surface area contributed by atoms with Gasteiger partial charge >= 0.3 is 24.0 Å². The summed E-state index contributed by atoms with van der Waals surface area (Å²) in [6.45, 7) is 10.1. The monoisotopic (exact) mass is 495 g/mol. The summed E-state index contributed by atoms with van der Waals surface area (Å²) in [5, 5.41) is 2.50. The van der Waals surface area contributed by atoms with Gasteiger partial charge in [0.1, 0.15) is 18.1 Å². The molecule has 2 aromatic carbocycles. The predicted octanol–water partition coefficient (Wildman–Crippen LogP) is 4.37. The SMILES string of the molecule is C=C(C)C(=O)OCCCC(=O)Oc1ccccc1-c1ccccc1OC(=O)NCCOC(=O)C(=C)C. The van der Waals surface area contributed by atoms with E-state index in [9.17, 15) is 19.2 Å². The van der Waals surface area contributed by atoms with Gasteiger partial charge in [0, 0.05) is 28.7 Å². The molecule has 0 heterocycles. The first kappa shape index (κ1) is 27.8. The summed E-state index contributed by atoms with van der Waals surface area (Å²) in [4.78, 5) is 47.4. The van der Waals surface area contributed by atoms with Crippen molar-refractivity contribution in [1.29, 1.82) is 0 Å². The molecule has 190 valence electrons. The summed E-state index contributed by atoms with van der Waals surface area (Å²) in [6, 6.07) is 13.6. The summed E-state index contributed by atoms with van der Waals surface area (Å²) < 4.78 is 20.9. The summed E-state index contributed by atoms with van der Waals surface area (Å²) >= 11 is 0. The average Bonchev–Trinajstić information content (AvgIpc) is 2.85. The summed E-state index contributed by atoms with van der Waals surface area (Å²) in [5.74, 6) is -1.04. The molecule has 0 unspecified atom stereocenters. The van der Waals surface area contributed by atoms with Crippen molar-refractivity contribution in [3.8, 4) is 22.6 Å². The maximum absolute atomic E-state index is 12.4. The highest BCUT2D eigenvalue weighted by Crippen LogP contribution is 2.36. The number of amides is 1. The molecule has 36 heavy (non-hydrogen) atoms. The highest BCUT2D eigenvalue weighted by molar-refractivity contribution is 5.87. The van der Waals surface area contributed by atoms with Gasteiger partial charge in [-0.3, -0.25) is 4.79 Å². The van der Waals surface area contributed by atoms with Crippen LogP contribution in [0, 0.1) is 0 Å². The minimum Gasteiger partial charge on any atom is -0.462 e. The molecule has 1 N–H and O–H groups in total. The van der Waals surface area contributed by atoms with Crippen molar-refractivity contribution in [2.75, 3.05) is 19.8 Å². The Morgan fingerprint density at radius 1 is 0.750 bits per heavy atom. The van der Waals surface area contributed by atoms with Gasteiger partial charge in [0.2, 0.25) is 0 Å². The third-order valence-corrected chi connectivity index (χ3v) is 4.55. The number of rotatable bonds is 12. The van der Waals surface area contributed by atoms with Crippen LogP contribution in [0.25, 0.3) is 11.1 Å². The standard InChI is InChI=1S/C27H29NO8/c1-18(2)25(30)33-16-9-14-24(29)35-22-12-7-5-10-20(22)21-11-6-8-13-23(21)36-27(32)28-15-17-34-26(31)19(3)4/h5-8,10-13H,1,3,9,14-17H2,2,4H3,(H,28,32). The topological polar surface area (TPSA) is 117 Å². The minimum atomic E-state index is -0.743. The quantitative estimate of drug-likeness (QED) is 0.200. The van der Waals surface area contributed by atoms with Crippen LogP contribution in [0.5, 0.6) is 11.5 Å². The Morgan fingerprint density at radius 2 is 1.25 bits per heavy atom. The maximum atomic E-state index is 12.4. The Kier molecular flexibility index (Phi) is 10.9. The number of ether oxygens (including phenoxy) is 4. The lowest BCUT2D eigenvalue weighted by atomic mass is 10.0. The van der Waals surface area contributed by atoms with Crippen molar-refractivity contribution in [2.45, 2.75) is 26.7 Å². The Bertz CT molecular complexity index is 1050. The Balaban J connectivity index is 2.00. The second kappa shape index (κ2) is 14.1. The predicted molar refractivity (Wildman–Crippen MR) is 132 cm³/mol. The molecule has 0 aliphatic rings. The maximum Gasteiger partial charge on any atom is 0.412 e. The molecule has 0 aliphatic carbocycles. The molecule has 0 aliphatic heterocycles. The summed E-state index contributed by atoms with van der Waals surface area (Å²) in [6.07, 6.45) is -0.414. The van der Waals surface area contributed by atoms with Crippen LogP contribution in [0.2, 0.25) is 0 Å². The zero-order valence-electron chi connectivity index (χ0n) is 20.3. The van der Waals surface area contributed by atoms with Gasteiger partial charge in [0.25, 0.3) is 0 Å². The van der Waals surface area contributed by atoms with E-state index in [0.29, 0.717) is 17.5 Å². The first-order valence-electron chi connectivity index (χ1n) is 11.2. The molecule has 0 spiro atoms. The summed E-state index contributed by atoms with van der Waals surface area (Å²) in [5.41, 5.74) is 1.61. The lowest BCUT2D eigenvalue weighted by Crippen LogP contribution is -2.30. The fourth-order valence-electron chi connectivity index (χ4n) is 2.79. The number of benzene rings is 2. The van der Waals surface area contributed by atoms with E-state index in [2.05, 4.69) is 18.5 Å². The van der Waals surface area contributed by atoms with E-state index in [0.717, 1.165) is 0 Å². The number of hydrogen-bond acceptors (Lipinski definition) is 8. The van der Waals surface area contributed by atoms with E-state index in [1.165, 1.54) is 6.92 Å². The van der Waals surface area contributed by atoms with Gasteiger partial charge in [0.15, 0.2) is 0 Å². The van der Waals surface area contributed by atoms with Crippen LogP contribution in [0.4, 0.5) is 4.79 Å². The molecule has 1 amide bonds. The lowest BCUT2D eigenvalue weighted by molar-refractivity contribution is -0.141. The molecular formula is C27H29NO8. The van der Waals surface area contributed by atoms with E-state index < -0.39 is 24.0 Å². The summed E-state index contributed by atoms with van der Waals surface area (Å²) in [7, 11) is 0. The molecule has 2 aromatic rings. The third kappa shape index (κ3) is 9.09. The fourth-order valence-corrected chi connectivity index (χ4v) is 2.79. The number of hydrogen-bond donors (Lipinski definition) is 1. The van der Waals surface area contributed by atoms with Crippen molar-refractivity contribution in [3.63, 3.8) is 0 Å². The van der Waals surface area contributed by atoms with Crippen LogP contribution in [-0.4, -0.2) is 43.8 Å². The van der Waals surface area contributed by atoms with Gasteiger partial charge in [-0.15, -0.1) is 0 Å². The molecule has 0 bridgehead atoms. The van der Waals surface area contributed by atoms with Crippen molar-refractivity contribution < 1.29 is 38.1 Å². The van der Waals surface area contributed by atoms with E-state index in [1.54, 1.807) is 55.5 Å². The smallest absolute Gasteiger partial charge is 0.412 e. The van der Waals surface area contributed by atoms with Gasteiger partial charge in [-0.05, 0) is 32.4 Å². The first-order valence-corrected chi connectivity index (χ1v) is 11.2. The number of carbonyl (C=O) groups excluding carboxylic acids is 4. The normalized spacial score (nSPS) is 10.1. The molecule has 9 heteroatoms. The zero-order chi connectivity index (χ0) is 26.5. The van der Waals surface area contributed by atoms with Gasteiger partial charge < -0.3 is 24.3 Å². The van der Waals surface area contributed by atoms with Crippen LogP contribution in [-0.2, 0) is 23.9 Å². The fraction of sp³-hybridized carbons (Fsp3) is 0.259. The Labute approximate surface area is 209 Å². The van der Waals surface area contributed by atoms with Crippen molar-refractivity contribution in [1.82, 2.24) is 5.32 Å². The number of nitrogens with one attached hydrogen (secondary N) is 1. The molecule has 0 saturated carbocycles. The van der Waals surface area contributed by atoms with Gasteiger partial charge in [0.05, 0.1) is 13.2 Å². The molecule has 9 nitrogen and oxygen atoms in total. The molecule has 0 saturated heterocycles. The van der Waals surface area contributed by atoms with Gasteiger partial charge in [-0.2, -0.15) is 0 Å². The number of esters is 3. The average molecular weight is 496 g/mol. The van der Waals surface area contributed by atoms with Crippen molar-refractivity contribution in [3.05, 3.63) is 72.8 Å². The number of carbonyl (C=O) groups is 4. The third-order valence-electron chi connectivity index (χ3n) is 4.55. The Morgan fingerprint density at radius 3 is 1.81 bits per heavy atom. The van der Waals surface area contributed by atoms with Crippen LogP contribution in [0.15, 0.2) is 72.8 Å². The van der Waals surface area contributed by atoms with Gasteiger partial charge in [-0.1, -0.05) is 49.6 Å². The minimum absolute atomic E-state index is 0.0341. The molecule has 0 radical (unpaired) electrons. The second-order valence-electron chi connectivity index (χ2n) is 7.72. The molecular weight excluding hydrogens is 466 g/mol. The zero-order valence-corrected chi connectivity index (χ0v) is 20.3. The van der Waals surface area contributed by atoms with Crippen LogP contribution >= 0.6 is 0 Å². The van der Waals surface area contributed by atoms with Crippen molar-refractivity contribution in [2.24, 2.45) is 0 Å².